The molecule has 2 aromatic rings. The minimum Gasteiger partial charge on any atom is -0.344 e. The predicted octanol–water partition coefficient (Wildman–Crippen LogP) is 2.25. The third-order valence-corrected chi connectivity index (χ3v) is 3.68. The van der Waals surface area contributed by atoms with Crippen molar-refractivity contribution in [2.75, 3.05) is 5.33 Å². The van der Waals surface area contributed by atoms with Gasteiger partial charge in [-0.2, -0.15) is 0 Å². The molecule has 1 heterocycles. The van der Waals surface area contributed by atoms with Crippen LogP contribution in [0.15, 0.2) is 53.5 Å². The van der Waals surface area contributed by atoms with E-state index in [4.69, 9.17) is 0 Å². The molecule has 1 unspecified atom stereocenters. The number of pyridine rings is 1. The van der Waals surface area contributed by atoms with Crippen LogP contribution in [0, 0.1) is 0 Å². The van der Waals surface area contributed by atoms with Crippen molar-refractivity contribution in [3.05, 3.63) is 70.1 Å². The fraction of sp³-hybridized carbons (Fsp3) is 0.200. The maximum Gasteiger partial charge on any atom is 0.252 e. The highest BCUT2D eigenvalue weighted by Gasteiger charge is 2.14. The van der Waals surface area contributed by atoms with Gasteiger partial charge in [0.15, 0.2) is 0 Å². The number of aryl methyl sites for hydroxylation is 1. The smallest absolute Gasteiger partial charge is 0.252 e. The Balaban J connectivity index is 2.17. The van der Waals surface area contributed by atoms with Gasteiger partial charge in [0, 0.05) is 30.2 Å². The molecule has 0 spiro atoms. The molecule has 1 N–H and O–H groups in total. The van der Waals surface area contributed by atoms with Crippen molar-refractivity contribution in [1.82, 2.24) is 9.88 Å². The molecule has 0 aliphatic heterocycles. The second-order valence-electron chi connectivity index (χ2n) is 4.46. The summed E-state index contributed by atoms with van der Waals surface area (Å²) >= 11 is 3.40. The number of nitrogens with zero attached hydrogens (tertiary/aromatic N) is 1. The van der Waals surface area contributed by atoms with Crippen molar-refractivity contribution in [2.45, 2.75) is 6.04 Å². The zero-order chi connectivity index (χ0) is 14.5. The summed E-state index contributed by atoms with van der Waals surface area (Å²) in [6.07, 6.45) is 1.59. The summed E-state index contributed by atoms with van der Waals surface area (Å²) in [7, 11) is 1.65. The summed E-state index contributed by atoms with van der Waals surface area (Å²) in [5, 5.41) is 3.52. The molecule has 104 valence electrons. The number of carbonyl (C=O) groups excluding carboxylic acids is 1. The minimum atomic E-state index is -0.254. The number of benzene rings is 1. The number of amides is 1. The summed E-state index contributed by atoms with van der Waals surface area (Å²) in [5.41, 5.74) is 1.18. The first kappa shape index (κ1) is 14.5. The first-order chi connectivity index (χ1) is 9.61. The average Bonchev–Trinajstić information content (AvgIpc) is 2.48. The van der Waals surface area contributed by atoms with E-state index < -0.39 is 0 Å². The highest BCUT2D eigenvalue weighted by molar-refractivity contribution is 9.09. The van der Waals surface area contributed by atoms with Crippen molar-refractivity contribution in [3.63, 3.8) is 0 Å². The first-order valence-electron chi connectivity index (χ1n) is 6.20. The van der Waals surface area contributed by atoms with Gasteiger partial charge in [-0.15, -0.1) is 0 Å². The third-order valence-electron chi connectivity index (χ3n) is 3.03. The van der Waals surface area contributed by atoms with Crippen LogP contribution in [0.3, 0.4) is 0 Å². The van der Waals surface area contributed by atoms with Gasteiger partial charge in [0.2, 0.25) is 0 Å². The molecule has 0 saturated carbocycles. The average molecular weight is 335 g/mol. The summed E-state index contributed by atoms with van der Waals surface area (Å²) in [6.45, 7) is 0. The molecule has 1 aromatic carbocycles. The second kappa shape index (κ2) is 6.52. The van der Waals surface area contributed by atoms with Crippen molar-refractivity contribution in [2.24, 2.45) is 7.05 Å². The van der Waals surface area contributed by atoms with Crippen LogP contribution < -0.4 is 10.9 Å². The van der Waals surface area contributed by atoms with Gasteiger partial charge >= 0.3 is 0 Å². The Bertz CT molecular complexity index is 652. The van der Waals surface area contributed by atoms with Crippen LogP contribution in [0.25, 0.3) is 0 Å². The molecular formula is C15H15BrN2O2. The number of hydrogen-bond donors (Lipinski definition) is 1. The highest BCUT2D eigenvalue weighted by Crippen LogP contribution is 2.15. The van der Waals surface area contributed by atoms with Gasteiger partial charge in [0.05, 0.1) is 6.04 Å². The van der Waals surface area contributed by atoms with Crippen molar-refractivity contribution >= 4 is 21.8 Å². The standard InChI is InChI=1S/C15H15BrN2O2/c1-18-8-7-12(9-14(18)19)15(20)17-13(10-16)11-5-3-2-4-6-11/h2-9,13H,10H2,1H3,(H,17,20). The fourth-order valence-electron chi connectivity index (χ4n) is 1.83. The molecule has 0 bridgehead atoms. The van der Waals surface area contributed by atoms with Crippen molar-refractivity contribution < 1.29 is 4.79 Å². The topological polar surface area (TPSA) is 51.1 Å². The van der Waals surface area contributed by atoms with Gasteiger partial charge in [-0.1, -0.05) is 46.3 Å². The molecule has 20 heavy (non-hydrogen) atoms. The maximum absolute atomic E-state index is 12.2. The van der Waals surface area contributed by atoms with Crippen LogP contribution in [0.5, 0.6) is 0 Å². The molecule has 1 atom stereocenters. The van der Waals surface area contributed by atoms with Crippen LogP contribution in [0.4, 0.5) is 0 Å². The van der Waals surface area contributed by atoms with Crippen LogP contribution in [-0.2, 0) is 7.05 Å². The lowest BCUT2D eigenvalue weighted by atomic mass is 10.1. The number of hydrogen-bond acceptors (Lipinski definition) is 2. The number of nitrogens with one attached hydrogen (secondary N) is 1. The van der Waals surface area contributed by atoms with Gasteiger partial charge in [-0.25, -0.2) is 0 Å². The SMILES string of the molecule is Cn1ccc(C(=O)NC(CBr)c2ccccc2)cc1=O. The maximum atomic E-state index is 12.2. The number of aromatic nitrogens is 1. The molecule has 0 saturated heterocycles. The van der Waals surface area contributed by atoms with E-state index in [1.54, 1.807) is 19.3 Å². The molecule has 0 radical (unpaired) electrons. The molecule has 0 aliphatic carbocycles. The number of halogens is 1. The van der Waals surface area contributed by atoms with Crippen molar-refractivity contribution in [3.8, 4) is 0 Å². The zero-order valence-electron chi connectivity index (χ0n) is 11.0. The Morgan fingerprint density at radius 1 is 1.30 bits per heavy atom. The fourth-order valence-corrected chi connectivity index (χ4v) is 2.36. The van der Waals surface area contributed by atoms with Crippen LogP contribution >= 0.6 is 15.9 Å². The van der Waals surface area contributed by atoms with Crippen LogP contribution in [0.2, 0.25) is 0 Å². The van der Waals surface area contributed by atoms with Gasteiger partial charge in [-0.05, 0) is 11.6 Å². The molecular weight excluding hydrogens is 320 g/mol. The Labute approximate surface area is 125 Å². The Kier molecular flexibility index (Phi) is 4.74. The second-order valence-corrected chi connectivity index (χ2v) is 5.10. The number of alkyl halides is 1. The lowest BCUT2D eigenvalue weighted by Crippen LogP contribution is -2.30. The molecule has 0 aliphatic rings. The first-order valence-corrected chi connectivity index (χ1v) is 7.32. The molecule has 1 aromatic heterocycles. The van der Waals surface area contributed by atoms with Crippen LogP contribution in [0.1, 0.15) is 22.0 Å². The van der Waals surface area contributed by atoms with Crippen molar-refractivity contribution in [1.29, 1.82) is 0 Å². The monoisotopic (exact) mass is 334 g/mol. The van der Waals surface area contributed by atoms with E-state index in [0.29, 0.717) is 10.9 Å². The summed E-state index contributed by atoms with van der Waals surface area (Å²) < 4.78 is 1.43. The summed E-state index contributed by atoms with van der Waals surface area (Å²) in [6, 6.07) is 12.5. The summed E-state index contributed by atoms with van der Waals surface area (Å²) in [4.78, 5) is 23.7. The van der Waals surface area contributed by atoms with E-state index in [0.717, 1.165) is 5.56 Å². The van der Waals surface area contributed by atoms with E-state index in [-0.39, 0.29) is 17.5 Å². The normalized spacial score (nSPS) is 11.9. The largest absolute Gasteiger partial charge is 0.344 e. The van der Waals surface area contributed by atoms with Gasteiger partial charge in [0.1, 0.15) is 0 Å². The van der Waals surface area contributed by atoms with Gasteiger partial charge < -0.3 is 9.88 Å². The highest BCUT2D eigenvalue weighted by atomic mass is 79.9. The number of rotatable bonds is 4. The lowest BCUT2D eigenvalue weighted by molar-refractivity contribution is 0.0940. The van der Waals surface area contributed by atoms with Gasteiger partial charge in [0.25, 0.3) is 11.5 Å². The Morgan fingerprint density at radius 3 is 2.60 bits per heavy atom. The van der Waals surface area contributed by atoms with Gasteiger partial charge in [-0.3, -0.25) is 9.59 Å². The quantitative estimate of drug-likeness (QED) is 0.872. The molecule has 1 amide bonds. The molecule has 5 heteroatoms. The Morgan fingerprint density at radius 2 is 2.00 bits per heavy atom. The predicted molar refractivity (Wildman–Crippen MR) is 82.1 cm³/mol. The summed E-state index contributed by atoms with van der Waals surface area (Å²) in [5.74, 6) is -0.254. The lowest BCUT2D eigenvalue weighted by Gasteiger charge is -2.16. The van der Waals surface area contributed by atoms with E-state index in [2.05, 4.69) is 21.2 Å². The number of carbonyl (C=O) groups is 1. The molecule has 4 nitrogen and oxygen atoms in total. The Hall–Kier alpha value is -1.88. The van der Waals surface area contributed by atoms with E-state index in [1.165, 1.54) is 10.6 Å². The van der Waals surface area contributed by atoms with E-state index >= 15 is 0 Å². The van der Waals surface area contributed by atoms with Crippen LogP contribution in [-0.4, -0.2) is 15.8 Å². The minimum absolute atomic E-state index is 0.132. The van der Waals surface area contributed by atoms with E-state index in [9.17, 15) is 9.59 Å². The molecule has 0 fully saturated rings. The third kappa shape index (κ3) is 3.36. The van der Waals surface area contributed by atoms with E-state index in [1.807, 2.05) is 30.3 Å². The molecule has 2 rings (SSSR count). The zero-order valence-corrected chi connectivity index (χ0v) is 12.6.